The molecule has 1 aromatic heterocycles. The fourth-order valence-corrected chi connectivity index (χ4v) is 1.81. The standard InChI is InChI=1S/C10H14N4O2S/c1-14(2)17(15,16)7-6-12-10-5-3-4-9(8-11)13-10/h3-5H,6-7H2,1-2H3,(H,12,13). The van der Waals surface area contributed by atoms with Crippen molar-refractivity contribution in [2.75, 3.05) is 31.7 Å². The van der Waals surface area contributed by atoms with E-state index < -0.39 is 10.0 Å². The third-order valence-electron chi connectivity index (χ3n) is 2.09. The van der Waals surface area contributed by atoms with E-state index in [0.29, 0.717) is 11.5 Å². The van der Waals surface area contributed by atoms with Gasteiger partial charge in [0.05, 0.1) is 5.75 Å². The molecule has 17 heavy (non-hydrogen) atoms. The van der Waals surface area contributed by atoms with E-state index in [1.807, 2.05) is 6.07 Å². The molecule has 0 aliphatic rings. The number of hydrogen-bond acceptors (Lipinski definition) is 5. The Balaban J connectivity index is 2.55. The van der Waals surface area contributed by atoms with Crippen molar-refractivity contribution in [3.63, 3.8) is 0 Å². The first kappa shape index (κ1) is 13.4. The molecular weight excluding hydrogens is 240 g/mol. The zero-order chi connectivity index (χ0) is 12.9. The van der Waals surface area contributed by atoms with Crippen LogP contribution in [0.1, 0.15) is 5.69 Å². The first-order valence-corrected chi connectivity index (χ1v) is 6.58. The average molecular weight is 254 g/mol. The van der Waals surface area contributed by atoms with Crippen molar-refractivity contribution in [1.82, 2.24) is 9.29 Å². The minimum atomic E-state index is -3.21. The second kappa shape index (κ2) is 5.61. The van der Waals surface area contributed by atoms with E-state index in [-0.39, 0.29) is 12.3 Å². The van der Waals surface area contributed by atoms with E-state index in [1.54, 1.807) is 18.2 Å². The zero-order valence-corrected chi connectivity index (χ0v) is 10.5. The summed E-state index contributed by atoms with van der Waals surface area (Å²) >= 11 is 0. The predicted octanol–water partition coefficient (Wildman–Crippen LogP) is 0.257. The van der Waals surface area contributed by atoms with Crippen molar-refractivity contribution in [2.24, 2.45) is 0 Å². The van der Waals surface area contributed by atoms with Gasteiger partial charge >= 0.3 is 0 Å². The van der Waals surface area contributed by atoms with E-state index >= 15 is 0 Å². The Morgan fingerprint density at radius 1 is 1.47 bits per heavy atom. The molecule has 0 aliphatic heterocycles. The Morgan fingerprint density at radius 2 is 2.18 bits per heavy atom. The summed E-state index contributed by atoms with van der Waals surface area (Å²) in [6, 6.07) is 6.87. The van der Waals surface area contributed by atoms with Gasteiger partial charge in [0.25, 0.3) is 0 Å². The highest BCUT2D eigenvalue weighted by molar-refractivity contribution is 7.89. The van der Waals surface area contributed by atoms with Crippen molar-refractivity contribution in [2.45, 2.75) is 0 Å². The van der Waals surface area contributed by atoms with Crippen LogP contribution in [0.3, 0.4) is 0 Å². The number of anilines is 1. The second-order valence-electron chi connectivity index (χ2n) is 3.55. The van der Waals surface area contributed by atoms with Gasteiger partial charge in [-0.3, -0.25) is 0 Å². The fourth-order valence-electron chi connectivity index (χ4n) is 1.09. The van der Waals surface area contributed by atoms with Crippen LogP contribution in [-0.2, 0) is 10.0 Å². The van der Waals surface area contributed by atoms with Crippen molar-refractivity contribution in [1.29, 1.82) is 5.26 Å². The van der Waals surface area contributed by atoms with Crippen LogP contribution < -0.4 is 5.32 Å². The van der Waals surface area contributed by atoms with Gasteiger partial charge in [0.15, 0.2) is 0 Å². The Labute approximate surface area is 101 Å². The SMILES string of the molecule is CN(C)S(=O)(=O)CCNc1cccc(C#N)n1. The maximum atomic E-state index is 11.5. The lowest BCUT2D eigenvalue weighted by Gasteiger charge is -2.11. The van der Waals surface area contributed by atoms with Crippen molar-refractivity contribution in [3.05, 3.63) is 23.9 Å². The lowest BCUT2D eigenvalue weighted by Crippen LogP contribution is -2.28. The van der Waals surface area contributed by atoms with Crippen LogP contribution in [0.15, 0.2) is 18.2 Å². The lowest BCUT2D eigenvalue weighted by molar-refractivity contribution is 0.521. The van der Waals surface area contributed by atoms with Crippen LogP contribution >= 0.6 is 0 Å². The van der Waals surface area contributed by atoms with Crippen LogP contribution in [-0.4, -0.2) is 44.1 Å². The van der Waals surface area contributed by atoms with Gasteiger partial charge in [-0.15, -0.1) is 0 Å². The Hall–Kier alpha value is -1.65. The van der Waals surface area contributed by atoms with Crippen LogP contribution in [0.4, 0.5) is 5.82 Å². The molecule has 0 aromatic carbocycles. The number of nitrogens with zero attached hydrogens (tertiary/aromatic N) is 3. The summed E-state index contributed by atoms with van der Waals surface area (Å²) in [6.07, 6.45) is 0. The molecule has 0 unspecified atom stereocenters. The number of rotatable bonds is 5. The molecule has 0 amide bonds. The molecule has 1 aromatic rings. The van der Waals surface area contributed by atoms with Gasteiger partial charge in [-0.05, 0) is 12.1 Å². The molecular formula is C10H14N4O2S. The van der Waals surface area contributed by atoms with Crippen LogP contribution in [0.25, 0.3) is 0 Å². The number of pyridine rings is 1. The summed E-state index contributed by atoms with van der Waals surface area (Å²) in [4.78, 5) is 3.98. The molecule has 1 N–H and O–H groups in total. The Morgan fingerprint density at radius 3 is 2.76 bits per heavy atom. The van der Waals surface area contributed by atoms with E-state index in [2.05, 4.69) is 10.3 Å². The molecule has 0 radical (unpaired) electrons. The monoisotopic (exact) mass is 254 g/mol. The highest BCUT2D eigenvalue weighted by Gasteiger charge is 2.12. The van der Waals surface area contributed by atoms with Crippen molar-refractivity contribution < 1.29 is 8.42 Å². The molecule has 0 atom stereocenters. The molecule has 92 valence electrons. The minimum absolute atomic E-state index is 0.0154. The van der Waals surface area contributed by atoms with Gasteiger partial charge < -0.3 is 5.32 Å². The summed E-state index contributed by atoms with van der Waals surface area (Å²) < 4.78 is 24.1. The summed E-state index contributed by atoms with van der Waals surface area (Å²) in [5.41, 5.74) is 0.297. The van der Waals surface area contributed by atoms with Crippen LogP contribution in [0.2, 0.25) is 0 Å². The summed E-state index contributed by atoms with van der Waals surface area (Å²) in [7, 11) is -0.226. The zero-order valence-electron chi connectivity index (χ0n) is 9.71. The predicted molar refractivity (Wildman–Crippen MR) is 64.9 cm³/mol. The number of nitrogens with one attached hydrogen (secondary N) is 1. The van der Waals surface area contributed by atoms with E-state index in [9.17, 15) is 8.42 Å². The molecule has 1 heterocycles. The molecule has 6 nitrogen and oxygen atoms in total. The van der Waals surface area contributed by atoms with E-state index in [0.717, 1.165) is 0 Å². The van der Waals surface area contributed by atoms with Gasteiger partial charge in [0.1, 0.15) is 17.6 Å². The number of aromatic nitrogens is 1. The summed E-state index contributed by atoms with van der Waals surface area (Å²) in [6.45, 7) is 0.252. The third-order valence-corrected chi connectivity index (χ3v) is 3.92. The van der Waals surface area contributed by atoms with Gasteiger partial charge in [-0.25, -0.2) is 17.7 Å². The smallest absolute Gasteiger partial charge is 0.215 e. The highest BCUT2D eigenvalue weighted by atomic mass is 32.2. The largest absolute Gasteiger partial charge is 0.369 e. The van der Waals surface area contributed by atoms with E-state index in [4.69, 9.17) is 5.26 Å². The quantitative estimate of drug-likeness (QED) is 0.814. The van der Waals surface area contributed by atoms with Crippen LogP contribution in [0, 0.1) is 11.3 Å². The molecule has 0 aliphatic carbocycles. The topological polar surface area (TPSA) is 86.1 Å². The van der Waals surface area contributed by atoms with Gasteiger partial charge in [0, 0.05) is 20.6 Å². The van der Waals surface area contributed by atoms with Gasteiger partial charge in [-0.1, -0.05) is 6.07 Å². The van der Waals surface area contributed by atoms with Crippen molar-refractivity contribution in [3.8, 4) is 6.07 Å². The first-order chi connectivity index (χ1) is 7.95. The summed E-state index contributed by atoms with van der Waals surface area (Å²) in [5, 5.41) is 11.5. The number of hydrogen-bond donors (Lipinski definition) is 1. The lowest BCUT2D eigenvalue weighted by atomic mass is 10.3. The first-order valence-electron chi connectivity index (χ1n) is 4.97. The molecule has 0 saturated heterocycles. The summed E-state index contributed by atoms with van der Waals surface area (Å²) in [5.74, 6) is 0.483. The average Bonchev–Trinajstić information content (AvgIpc) is 2.29. The second-order valence-corrected chi connectivity index (χ2v) is 5.85. The molecule has 0 saturated carbocycles. The molecule has 1 rings (SSSR count). The number of nitriles is 1. The third kappa shape index (κ3) is 4.01. The maximum Gasteiger partial charge on any atom is 0.215 e. The van der Waals surface area contributed by atoms with E-state index in [1.165, 1.54) is 18.4 Å². The Bertz CT molecular complexity index is 519. The maximum absolute atomic E-state index is 11.5. The van der Waals surface area contributed by atoms with Gasteiger partial charge in [0.2, 0.25) is 10.0 Å². The van der Waals surface area contributed by atoms with Crippen LogP contribution in [0.5, 0.6) is 0 Å². The van der Waals surface area contributed by atoms with Gasteiger partial charge in [-0.2, -0.15) is 5.26 Å². The van der Waals surface area contributed by atoms with Crippen molar-refractivity contribution >= 4 is 15.8 Å². The molecule has 0 spiro atoms. The number of sulfonamides is 1. The Kier molecular flexibility index (Phi) is 4.43. The normalized spacial score (nSPS) is 11.2. The molecule has 7 heteroatoms. The molecule has 0 bridgehead atoms. The highest BCUT2D eigenvalue weighted by Crippen LogP contribution is 2.04. The fraction of sp³-hybridized carbons (Fsp3) is 0.400. The molecule has 0 fully saturated rings. The minimum Gasteiger partial charge on any atom is -0.369 e.